The maximum Gasteiger partial charge on any atom is 0.452 e. The Hall–Kier alpha value is -3.19. The quantitative estimate of drug-likeness (QED) is 0.239. The highest BCUT2D eigenvalue weighted by Crippen LogP contribution is 2.18. The molecule has 0 aliphatic heterocycles. The fourth-order valence-electron chi connectivity index (χ4n) is 2.83. The van der Waals surface area contributed by atoms with E-state index in [1.165, 1.54) is 6.92 Å². The number of nitrogens with one attached hydrogen (secondary N) is 4. The standard InChI is InChI=1S/C20H32F3N5O6/c1-8(2)14(26-11(6)29)19(34)28-15(9(3)4)18(33)27-12(7-13(24)30)17(32)25-10(5)16(31)20(21,22)23/h8-10,12,14-15H,7H2,1-6H3,(H2,24,30)(H,25,32)(H,26,29)(H,27,33)(H,28,34). The van der Waals surface area contributed by atoms with Crippen LogP contribution in [0.2, 0.25) is 0 Å². The molecule has 4 atom stereocenters. The van der Waals surface area contributed by atoms with Crippen molar-refractivity contribution >= 4 is 35.3 Å². The first kappa shape index (κ1) is 30.8. The molecule has 0 fully saturated rings. The highest BCUT2D eigenvalue weighted by molar-refractivity contribution is 5.98. The van der Waals surface area contributed by atoms with E-state index in [0.717, 1.165) is 6.92 Å². The number of Topliss-reactive ketones (excluding diaryl/α,β-unsaturated/α-hetero) is 1. The van der Waals surface area contributed by atoms with Gasteiger partial charge in [-0.05, 0) is 18.8 Å². The van der Waals surface area contributed by atoms with E-state index in [9.17, 15) is 41.9 Å². The topological polar surface area (TPSA) is 177 Å². The van der Waals surface area contributed by atoms with Crippen LogP contribution >= 0.6 is 0 Å². The Morgan fingerprint density at radius 2 is 1.18 bits per heavy atom. The van der Waals surface area contributed by atoms with Gasteiger partial charge in [0, 0.05) is 6.92 Å². The lowest BCUT2D eigenvalue weighted by Crippen LogP contribution is -2.60. The molecule has 0 aromatic carbocycles. The number of alkyl halides is 3. The second kappa shape index (κ2) is 12.9. The minimum absolute atomic E-state index is 0.333. The molecule has 0 aliphatic carbocycles. The second-order valence-corrected chi connectivity index (χ2v) is 8.48. The van der Waals surface area contributed by atoms with Crippen molar-refractivity contribution in [3.63, 3.8) is 0 Å². The molecule has 0 spiro atoms. The van der Waals surface area contributed by atoms with E-state index in [2.05, 4.69) is 16.0 Å². The Bertz CT molecular complexity index is 800. The first-order chi connectivity index (χ1) is 15.4. The Labute approximate surface area is 195 Å². The molecule has 34 heavy (non-hydrogen) atoms. The molecule has 11 nitrogen and oxygen atoms in total. The van der Waals surface area contributed by atoms with Gasteiger partial charge in [-0.2, -0.15) is 13.2 Å². The average Bonchev–Trinajstić information content (AvgIpc) is 2.66. The van der Waals surface area contributed by atoms with Gasteiger partial charge in [-0.3, -0.25) is 28.8 Å². The van der Waals surface area contributed by atoms with Crippen LogP contribution in [0.4, 0.5) is 13.2 Å². The van der Waals surface area contributed by atoms with Crippen LogP contribution in [0, 0.1) is 11.8 Å². The maximum absolute atomic E-state index is 12.8. The molecule has 14 heteroatoms. The zero-order valence-corrected chi connectivity index (χ0v) is 19.8. The van der Waals surface area contributed by atoms with Gasteiger partial charge in [0.05, 0.1) is 12.5 Å². The molecule has 0 bridgehead atoms. The Morgan fingerprint density at radius 3 is 1.56 bits per heavy atom. The van der Waals surface area contributed by atoms with Crippen LogP contribution < -0.4 is 27.0 Å². The number of halogens is 3. The fraction of sp³-hybridized carbons (Fsp3) is 0.700. The van der Waals surface area contributed by atoms with Crippen LogP contribution in [0.3, 0.4) is 0 Å². The summed E-state index contributed by atoms with van der Waals surface area (Å²) in [6, 6.07) is -5.89. The number of carbonyl (C=O) groups excluding carboxylic acids is 6. The lowest BCUT2D eigenvalue weighted by atomic mass is 9.99. The van der Waals surface area contributed by atoms with E-state index in [-0.39, 0.29) is 5.92 Å². The van der Waals surface area contributed by atoms with Gasteiger partial charge in [-0.25, -0.2) is 0 Å². The molecule has 0 rings (SSSR count). The summed E-state index contributed by atoms with van der Waals surface area (Å²) in [4.78, 5) is 71.9. The summed E-state index contributed by atoms with van der Waals surface area (Å²) in [5.74, 6) is -7.47. The number of primary amides is 1. The normalized spacial score (nSPS) is 15.0. The van der Waals surface area contributed by atoms with Crippen molar-refractivity contribution < 1.29 is 41.9 Å². The second-order valence-electron chi connectivity index (χ2n) is 8.48. The monoisotopic (exact) mass is 495 g/mol. The lowest BCUT2D eigenvalue weighted by molar-refractivity contribution is -0.173. The van der Waals surface area contributed by atoms with Gasteiger partial charge in [-0.15, -0.1) is 0 Å². The summed E-state index contributed by atoms with van der Waals surface area (Å²) in [5.41, 5.74) is 5.08. The van der Waals surface area contributed by atoms with E-state index in [1.807, 2.05) is 0 Å². The first-order valence-electron chi connectivity index (χ1n) is 10.5. The summed E-state index contributed by atoms with van der Waals surface area (Å²) in [6.45, 7) is 8.48. The lowest BCUT2D eigenvalue weighted by Gasteiger charge is -2.28. The van der Waals surface area contributed by atoms with Crippen molar-refractivity contribution in [1.29, 1.82) is 0 Å². The third-order valence-corrected chi connectivity index (χ3v) is 4.62. The third kappa shape index (κ3) is 10.2. The minimum atomic E-state index is -5.21. The van der Waals surface area contributed by atoms with Crippen LogP contribution in [-0.4, -0.2) is 65.7 Å². The highest BCUT2D eigenvalue weighted by Gasteiger charge is 2.43. The smallest absolute Gasteiger partial charge is 0.370 e. The molecule has 4 unspecified atom stereocenters. The Balaban J connectivity index is 5.60. The molecule has 0 radical (unpaired) electrons. The van der Waals surface area contributed by atoms with Crippen LogP contribution in [0.25, 0.3) is 0 Å². The molecular formula is C20H32F3N5O6. The molecule has 194 valence electrons. The van der Waals surface area contributed by atoms with Gasteiger partial charge in [0.1, 0.15) is 18.1 Å². The van der Waals surface area contributed by atoms with Crippen LogP contribution in [0.1, 0.15) is 48.0 Å². The third-order valence-electron chi connectivity index (χ3n) is 4.62. The summed E-state index contributed by atoms with van der Waals surface area (Å²) >= 11 is 0. The summed E-state index contributed by atoms with van der Waals surface area (Å²) in [7, 11) is 0. The van der Waals surface area contributed by atoms with E-state index in [0.29, 0.717) is 0 Å². The molecule has 0 saturated carbocycles. The highest BCUT2D eigenvalue weighted by atomic mass is 19.4. The number of hydrogen-bond donors (Lipinski definition) is 5. The van der Waals surface area contributed by atoms with Gasteiger partial charge in [0.2, 0.25) is 29.5 Å². The number of amides is 5. The predicted octanol–water partition coefficient (Wildman–Crippen LogP) is -0.716. The number of rotatable bonds is 12. The van der Waals surface area contributed by atoms with Gasteiger partial charge < -0.3 is 27.0 Å². The van der Waals surface area contributed by atoms with Gasteiger partial charge in [0.15, 0.2) is 0 Å². The Morgan fingerprint density at radius 1 is 0.735 bits per heavy atom. The zero-order valence-electron chi connectivity index (χ0n) is 19.8. The number of carbonyl (C=O) groups is 6. The van der Waals surface area contributed by atoms with Crippen molar-refractivity contribution in [3.05, 3.63) is 0 Å². The molecule has 5 amide bonds. The van der Waals surface area contributed by atoms with Gasteiger partial charge in [-0.1, -0.05) is 27.7 Å². The largest absolute Gasteiger partial charge is 0.452 e. The van der Waals surface area contributed by atoms with E-state index >= 15 is 0 Å². The summed E-state index contributed by atoms with van der Waals surface area (Å²) in [5, 5.41) is 8.90. The minimum Gasteiger partial charge on any atom is -0.370 e. The van der Waals surface area contributed by atoms with Crippen molar-refractivity contribution in [1.82, 2.24) is 21.3 Å². The maximum atomic E-state index is 12.8. The van der Waals surface area contributed by atoms with Crippen molar-refractivity contribution in [2.24, 2.45) is 17.6 Å². The molecule has 6 N–H and O–H groups in total. The average molecular weight is 495 g/mol. The van der Waals surface area contributed by atoms with Crippen molar-refractivity contribution in [2.75, 3.05) is 0 Å². The fourth-order valence-corrected chi connectivity index (χ4v) is 2.83. The molecule has 0 aromatic rings. The van der Waals surface area contributed by atoms with Crippen LogP contribution in [-0.2, 0) is 28.8 Å². The summed E-state index contributed by atoms with van der Waals surface area (Å²) in [6.07, 6.45) is -5.98. The molecule has 0 aliphatic rings. The number of ketones is 1. The van der Waals surface area contributed by atoms with E-state index < -0.39 is 78.0 Å². The Kier molecular flexibility index (Phi) is 11.7. The van der Waals surface area contributed by atoms with Crippen molar-refractivity contribution in [2.45, 2.75) is 78.3 Å². The number of nitrogens with two attached hydrogens (primary N) is 1. The van der Waals surface area contributed by atoms with E-state index in [1.54, 1.807) is 33.0 Å². The van der Waals surface area contributed by atoms with Crippen LogP contribution in [0.15, 0.2) is 0 Å². The molecule has 0 aromatic heterocycles. The van der Waals surface area contributed by atoms with Gasteiger partial charge in [0.25, 0.3) is 5.78 Å². The first-order valence-corrected chi connectivity index (χ1v) is 10.5. The van der Waals surface area contributed by atoms with E-state index in [4.69, 9.17) is 5.73 Å². The number of hydrogen-bond acceptors (Lipinski definition) is 6. The summed E-state index contributed by atoms with van der Waals surface area (Å²) < 4.78 is 37.7. The van der Waals surface area contributed by atoms with Crippen LogP contribution in [0.5, 0.6) is 0 Å². The molecule has 0 saturated heterocycles. The van der Waals surface area contributed by atoms with Crippen molar-refractivity contribution in [3.8, 4) is 0 Å². The van der Waals surface area contributed by atoms with Gasteiger partial charge >= 0.3 is 6.18 Å². The predicted molar refractivity (Wildman–Crippen MR) is 114 cm³/mol. The molecular weight excluding hydrogens is 463 g/mol. The molecule has 0 heterocycles. The zero-order chi connectivity index (χ0) is 27.0. The SMILES string of the molecule is CC(=O)NC(C(=O)NC(C(=O)NC(CC(N)=O)C(=O)NC(C)C(=O)C(F)(F)F)C(C)C)C(C)C.